The highest BCUT2D eigenvalue weighted by molar-refractivity contribution is 5.80. The number of nitrogens with zero attached hydrogens (tertiary/aromatic N) is 1. The molecule has 84 valence electrons. The minimum absolute atomic E-state index is 0.575. The quantitative estimate of drug-likeness (QED) is 0.723. The number of aromatic amines is 1. The minimum Gasteiger partial charge on any atom is -0.480 e. The van der Waals surface area contributed by atoms with Crippen LogP contribution in [0.15, 0.2) is 18.2 Å². The summed E-state index contributed by atoms with van der Waals surface area (Å²) in [6, 6.07) is 4.22. The van der Waals surface area contributed by atoms with Crippen LogP contribution in [0.5, 0.6) is 0 Å². The van der Waals surface area contributed by atoms with E-state index in [0.29, 0.717) is 5.56 Å². The highest BCUT2D eigenvalue weighted by Gasteiger charge is 2.14. The number of rotatable bonds is 3. The van der Waals surface area contributed by atoms with Crippen molar-refractivity contribution in [2.24, 2.45) is 5.73 Å². The largest absolute Gasteiger partial charge is 0.480 e. The Hall–Kier alpha value is -1.88. The second-order valence-electron chi connectivity index (χ2n) is 3.63. The highest BCUT2D eigenvalue weighted by Crippen LogP contribution is 2.18. The Morgan fingerprint density at radius 1 is 1.62 bits per heavy atom. The van der Waals surface area contributed by atoms with Gasteiger partial charge in [-0.15, -0.1) is 0 Å². The van der Waals surface area contributed by atoms with Crippen molar-refractivity contribution in [3.63, 3.8) is 0 Å². The van der Waals surface area contributed by atoms with Crippen molar-refractivity contribution in [1.82, 2.24) is 9.97 Å². The van der Waals surface area contributed by atoms with Gasteiger partial charge >= 0.3 is 5.97 Å². The molecule has 4 N–H and O–H groups in total. The predicted octanol–water partition coefficient (Wildman–Crippen LogP) is 1.21. The van der Waals surface area contributed by atoms with Gasteiger partial charge in [-0.2, -0.15) is 0 Å². The van der Waals surface area contributed by atoms with Gasteiger partial charge in [-0.3, -0.25) is 4.79 Å². The standard InChI is InChI=1S/C11H13N3O2/c1-2-9-13-7-4-3-6(5-8(7)14-9)10(12)11(15)16/h3-5,10H,2,12H2,1H3,(H,13,14)(H,15,16). The third-order valence-corrected chi connectivity index (χ3v) is 2.52. The number of carboxylic acids is 1. The number of nitrogens with one attached hydrogen (secondary N) is 1. The first-order valence-electron chi connectivity index (χ1n) is 5.08. The maximum absolute atomic E-state index is 10.7. The zero-order valence-electron chi connectivity index (χ0n) is 8.90. The van der Waals surface area contributed by atoms with Crippen LogP contribution in [0.2, 0.25) is 0 Å². The summed E-state index contributed by atoms with van der Waals surface area (Å²) in [5.74, 6) is -0.148. The second-order valence-corrected chi connectivity index (χ2v) is 3.63. The summed E-state index contributed by atoms with van der Waals surface area (Å²) in [6.07, 6.45) is 0.814. The van der Waals surface area contributed by atoms with E-state index in [9.17, 15) is 4.79 Å². The van der Waals surface area contributed by atoms with E-state index in [1.54, 1.807) is 18.2 Å². The second kappa shape index (κ2) is 3.94. The smallest absolute Gasteiger partial charge is 0.325 e. The predicted molar refractivity (Wildman–Crippen MR) is 60.0 cm³/mol. The number of hydrogen-bond donors (Lipinski definition) is 3. The summed E-state index contributed by atoms with van der Waals surface area (Å²) >= 11 is 0. The molecular formula is C11H13N3O2. The molecule has 1 aromatic heterocycles. The maximum atomic E-state index is 10.7. The Bertz CT molecular complexity index is 533. The molecule has 5 nitrogen and oxygen atoms in total. The van der Waals surface area contributed by atoms with E-state index in [0.717, 1.165) is 23.3 Å². The van der Waals surface area contributed by atoms with Crippen molar-refractivity contribution < 1.29 is 9.90 Å². The average Bonchev–Trinajstić information content (AvgIpc) is 2.69. The molecular weight excluding hydrogens is 206 g/mol. The fourth-order valence-corrected chi connectivity index (χ4v) is 1.58. The number of carbonyl (C=O) groups is 1. The van der Waals surface area contributed by atoms with Gasteiger partial charge in [-0.25, -0.2) is 4.98 Å². The first-order valence-corrected chi connectivity index (χ1v) is 5.08. The Labute approximate surface area is 92.3 Å². The number of carboxylic acid groups (broad SMARTS) is 1. The molecule has 1 unspecified atom stereocenters. The van der Waals surface area contributed by atoms with Gasteiger partial charge in [0.15, 0.2) is 0 Å². The van der Waals surface area contributed by atoms with Crippen molar-refractivity contribution in [1.29, 1.82) is 0 Å². The van der Waals surface area contributed by atoms with Crippen LogP contribution in [0.25, 0.3) is 11.0 Å². The number of hydrogen-bond acceptors (Lipinski definition) is 3. The molecule has 0 radical (unpaired) electrons. The molecule has 0 amide bonds. The molecule has 0 aliphatic heterocycles. The van der Waals surface area contributed by atoms with Gasteiger partial charge in [0, 0.05) is 6.42 Å². The Morgan fingerprint density at radius 3 is 3.00 bits per heavy atom. The molecule has 1 atom stereocenters. The van der Waals surface area contributed by atoms with Crippen LogP contribution in [-0.4, -0.2) is 21.0 Å². The topological polar surface area (TPSA) is 92.0 Å². The fourth-order valence-electron chi connectivity index (χ4n) is 1.58. The van der Waals surface area contributed by atoms with E-state index in [-0.39, 0.29) is 0 Å². The molecule has 1 heterocycles. The van der Waals surface area contributed by atoms with Crippen molar-refractivity contribution >= 4 is 17.0 Å². The highest BCUT2D eigenvalue weighted by atomic mass is 16.4. The minimum atomic E-state index is -1.03. The molecule has 0 fully saturated rings. The van der Waals surface area contributed by atoms with Crippen LogP contribution < -0.4 is 5.73 Å². The van der Waals surface area contributed by atoms with Gasteiger partial charge < -0.3 is 15.8 Å². The summed E-state index contributed by atoms with van der Waals surface area (Å²) < 4.78 is 0. The number of fused-ring (bicyclic) bond motifs is 1. The Kier molecular flexibility index (Phi) is 2.62. The molecule has 0 saturated carbocycles. The molecule has 16 heavy (non-hydrogen) atoms. The van der Waals surface area contributed by atoms with Crippen molar-refractivity contribution in [2.75, 3.05) is 0 Å². The van der Waals surface area contributed by atoms with Crippen LogP contribution in [-0.2, 0) is 11.2 Å². The lowest BCUT2D eigenvalue weighted by Gasteiger charge is -2.05. The van der Waals surface area contributed by atoms with Crippen LogP contribution in [0, 0.1) is 0 Å². The van der Waals surface area contributed by atoms with Gasteiger partial charge in [0.05, 0.1) is 11.0 Å². The Morgan fingerprint density at radius 2 is 2.38 bits per heavy atom. The fraction of sp³-hybridized carbons (Fsp3) is 0.273. The van der Waals surface area contributed by atoms with E-state index < -0.39 is 12.0 Å². The number of imidazole rings is 1. The molecule has 0 bridgehead atoms. The first kappa shape index (κ1) is 10.6. The summed E-state index contributed by atoms with van der Waals surface area (Å²) in [5.41, 5.74) is 7.77. The van der Waals surface area contributed by atoms with E-state index in [1.165, 1.54) is 0 Å². The molecule has 0 spiro atoms. The van der Waals surface area contributed by atoms with E-state index >= 15 is 0 Å². The van der Waals surface area contributed by atoms with Gasteiger partial charge in [-0.1, -0.05) is 13.0 Å². The van der Waals surface area contributed by atoms with E-state index in [1.807, 2.05) is 6.92 Å². The molecule has 2 aromatic rings. The zero-order valence-corrected chi connectivity index (χ0v) is 8.90. The van der Waals surface area contributed by atoms with Gasteiger partial charge in [-0.05, 0) is 17.7 Å². The number of benzene rings is 1. The lowest BCUT2D eigenvalue weighted by atomic mass is 10.1. The van der Waals surface area contributed by atoms with Crippen LogP contribution in [0.1, 0.15) is 24.4 Å². The molecule has 0 aliphatic rings. The van der Waals surface area contributed by atoms with Gasteiger partial charge in [0.25, 0.3) is 0 Å². The third-order valence-electron chi connectivity index (χ3n) is 2.52. The molecule has 5 heteroatoms. The van der Waals surface area contributed by atoms with E-state index in [2.05, 4.69) is 9.97 Å². The van der Waals surface area contributed by atoms with Gasteiger partial charge in [0.2, 0.25) is 0 Å². The molecule has 2 rings (SSSR count). The zero-order chi connectivity index (χ0) is 11.7. The van der Waals surface area contributed by atoms with Crippen molar-refractivity contribution in [3.8, 4) is 0 Å². The SMILES string of the molecule is CCc1nc2ccc(C(N)C(=O)O)cc2[nH]1. The molecule has 0 saturated heterocycles. The molecule has 1 aromatic carbocycles. The number of aryl methyl sites for hydroxylation is 1. The van der Waals surface area contributed by atoms with Crippen molar-refractivity contribution in [2.45, 2.75) is 19.4 Å². The lowest BCUT2D eigenvalue weighted by Crippen LogP contribution is -2.20. The average molecular weight is 219 g/mol. The number of aromatic nitrogens is 2. The Balaban J connectivity index is 2.46. The maximum Gasteiger partial charge on any atom is 0.325 e. The van der Waals surface area contributed by atoms with Crippen LogP contribution in [0.4, 0.5) is 0 Å². The summed E-state index contributed by atoms with van der Waals surface area (Å²) in [6.45, 7) is 2.00. The molecule has 0 aliphatic carbocycles. The van der Waals surface area contributed by atoms with Crippen LogP contribution >= 0.6 is 0 Å². The van der Waals surface area contributed by atoms with Gasteiger partial charge in [0.1, 0.15) is 11.9 Å². The number of H-pyrrole nitrogens is 1. The normalized spacial score (nSPS) is 12.9. The lowest BCUT2D eigenvalue weighted by molar-refractivity contribution is -0.138. The number of aliphatic carboxylic acids is 1. The van der Waals surface area contributed by atoms with Crippen molar-refractivity contribution in [3.05, 3.63) is 29.6 Å². The third kappa shape index (κ3) is 1.77. The summed E-state index contributed by atoms with van der Waals surface area (Å²) in [4.78, 5) is 18.2. The summed E-state index contributed by atoms with van der Waals surface area (Å²) in [5, 5.41) is 8.81. The number of nitrogens with two attached hydrogens (primary N) is 1. The summed E-state index contributed by atoms with van der Waals surface area (Å²) in [7, 11) is 0. The first-order chi connectivity index (χ1) is 7.61. The van der Waals surface area contributed by atoms with E-state index in [4.69, 9.17) is 10.8 Å². The monoisotopic (exact) mass is 219 g/mol. The van der Waals surface area contributed by atoms with Crippen LogP contribution in [0.3, 0.4) is 0 Å².